The molecule has 1 heterocycles. The summed E-state index contributed by atoms with van der Waals surface area (Å²) in [5, 5.41) is 2.09. The molecular weight excluding hydrogens is 371 g/mol. The first kappa shape index (κ1) is 12.6. The SMILES string of the molecule is ClC(Cc1cccs1)c1ccc(Br)cc1Br. The maximum absolute atomic E-state index is 6.42. The molecule has 4 heteroatoms. The van der Waals surface area contributed by atoms with E-state index in [2.05, 4.69) is 55.4 Å². The third-order valence-electron chi connectivity index (χ3n) is 2.26. The summed E-state index contributed by atoms with van der Waals surface area (Å²) in [6.45, 7) is 0. The molecule has 84 valence electrons. The molecule has 0 saturated heterocycles. The van der Waals surface area contributed by atoms with Gasteiger partial charge in [0.25, 0.3) is 0 Å². The molecule has 1 aromatic heterocycles. The van der Waals surface area contributed by atoms with Gasteiger partial charge in [-0.15, -0.1) is 22.9 Å². The van der Waals surface area contributed by atoms with E-state index in [1.165, 1.54) is 4.88 Å². The number of halogens is 3. The quantitative estimate of drug-likeness (QED) is 0.591. The lowest BCUT2D eigenvalue weighted by molar-refractivity contribution is 0.931. The minimum atomic E-state index is 0.0149. The van der Waals surface area contributed by atoms with Crippen molar-refractivity contribution in [1.29, 1.82) is 0 Å². The molecule has 1 atom stereocenters. The lowest BCUT2D eigenvalue weighted by Gasteiger charge is -2.11. The van der Waals surface area contributed by atoms with Gasteiger partial charge in [0.15, 0.2) is 0 Å². The van der Waals surface area contributed by atoms with Crippen LogP contribution in [-0.2, 0) is 6.42 Å². The first-order valence-electron chi connectivity index (χ1n) is 4.78. The van der Waals surface area contributed by atoms with E-state index < -0.39 is 0 Å². The van der Waals surface area contributed by atoms with Crippen molar-refractivity contribution in [1.82, 2.24) is 0 Å². The molecule has 0 bridgehead atoms. The minimum Gasteiger partial charge on any atom is -0.149 e. The van der Waals surface area contributed by atoms with Crippen LogP contribution in [0.1, 0.15) is 15.8 Å². The summed E-state index contributed by atoms with van der Waals surface area (Å²) in [4.78, 5) is 1.31. The Labute approximate surface area is 121 Å². The van der Waals surface area contributed by atoms with Crippen molar-refractivity contribution >= 4 is 54.8 Å². The Bertz CT molecular complexity index is 468. The number of thiophene rings is 1. The molecule has 1 unspecified atom stereocenters. The van der Waals surface area contributed by atoms with Crippen LogP contribution in [-0.4, -0.2) is 0 Å². The summed E-state index contributed by atoms with van der Waals surface area (Å²) < 4.78 is 2.11. The summed E-state index contributed by atoms with van der Waals surface area (Å²) in [5.74, 6) is 0. The number of rotatable bonds is 3. The number of benzene rings is 1. The van der Waals surface area contributed by atoms with E-state index in [1.54, 1.807) is 11.3 Å². The molecule has 0 radical (unpaired) electrons. The first-order valence-corrected chi connectivity index (χ1v) is 7.68. The largest absolute Gasteiger partial charge is 0.149 e. The van der Waals surface area contributed by atoms with Crippen molar-refractivity contribution in [2.24, 2.45) is 0 Å². The highest BCUT2D eigenvalue weighted by Crippen LogP contribution is 2.33. The fraction of sp³-hybridized carbons (Fsp3) is 0.167. The number of hydrogen-bond donors (Lipinski definition) is 0. The van der Waals surface area contributed by atoms with Gasteiger partial charge in [-0.1, -0.05) is 44.0 Å². The van der Waals surface area contributed by atoms with Gasteiger partial charge in [0.05, 0.1) is 5.38 Å². The molecular formula is C12H9Br2ClS. The molecule has 0 spiro atoms. The Morgan fingerprint density at radius 2 is 2.06 bits per heavy atom. The smallest absolute Gasteiger partial charge is 0.0644 e. The summed E-state index contributed by atoms with van der Waals surface area (Å²) in [7, 11) is 0. The Kier molecular flexibility index (Phi) is 4.48. The molecule has 0 aliphatic rings. The van der Waals surface area contributed by atoms with E-state index in [4.69, 9.17) is 11.6 Å². The minimum absolute atomic E-state index is 0.0149. The predicted octanol–water partition coefficient (Wildman–Crippen LogP) is 5.80. The molecule has 0 amide bonds. The van der Waals surface area contributed by atoms with Gasteiger partial charge in [-0.05, 0) is 29.1 Å². The normalized spacial score (nSPS) is 12.7. The zero-order valence-electron chi connectivity index (χ0n) is 8.29. The van der Waals surface area contributed by atoms with Crippen LogP contribution in [0, 0.1) is 0 Å². The van der Waals surface area contributed by atoms with Crippen molar-refractivity contribution < 1.29 is 0 Å². The number of hydrogen-bond acceptors (Lipinski definition) is 1. The van der Waals surface area contributed by atoms with Gasteiger partial charge < -0.3 is 0 Å². The zero-order valence-corrected chi connectivity index (χ0v) is 13.0. The van der Waals surface area contributed by atoms with E-state index in [9.17, 15) is 0 Å². The van der Waals surface area contributed by atoms with Crippen LogP contribution in [0.15, 0.2) is 44.7 Å². The van der Waals surface area contributed by atoms with Crippen LogP contribution in [0.5, 0.6) is 0 Å². The predicted molar refractivity (Wildman–Crippen MR) is 78.5 cm³/mol. The highest BCUT2D eigenvalue weighted by atomic mass is 79.9. The standard InChI is InChI=1S/C12H9Br2ClS/c13-8-3-4-10(11(14)6-8)12(15)7-9-2-1-5-16-9/h1-6,12H,7H2. The maximum Gasteiger partial charge on any atom is 0.0644 e. The molecule has 0 aliphatic heterocycles. The molecule has 0 saturated carbocycles. The molecule has 0 aliphatic carbocycles. The molecule has 2 rings (SSSR count). The summed E-state index contributed by atoms with van der Waals surface area (Å²) in [6.07, 6.45) is 0.874. The van der Waals surface area contributed by atoms with Crippen molar-refractivity contribution in [3.63, 3.8) is 0 Å². The van der Waals surface area contributed by atoms with Crippen LogP contribution >= 0.6 is 54.8 Å². The Morgan fingerprint density at radius 1 is 1.25 bits per heavy atom. The van der Waals surface area contributed by atoms with E-state index in [0.29, 0.717) is 0 Å². The Hall–Kier alpha value is 0.170. The second-order valence-electron chi connectivity index (χ2n) is 3.42. The van der Waals surface area contributed by atoms with Crippen molar-refractivity contribution in [2.75, 3.05) is 0 Å². The summed E-state index contributed by atoms with van der Waals surface area (Å²) >= 11 is 15.1. The summed E-state index contributed by atoms with van der Waals surface area (Å²) in [6, 6.07) is 10.3. The molecule has 0 fully saturated rings. The second kappa shape index (κ2) is 5.67. The summed E-state index contributed by atoms with van der Waals surface area (Å²) in [5.41, 5.74) is 1.14. The van der Waals surface area contributed by atoms with Gasteiger partial charge in [0.2, 0.25) is 0 Å². The lowest BCUT2D eigenvalue weighted by Crippen LogP contribution is -1.95. The van der Waals surface area contributed by atoms with E-state index in [-0.39, 0.29) is 5.38 Å². The van der Waals surface area contributed by atoms with Gasteiger partial charge in [-0.2, -0.15) is 0 Å². The van der Waals surface area contributed by atoms with Crippen molar-refractivity contribution in [3.05, 3.63) is 55.1 Å². The molecule has 2 aromatic rings. The fourth-order valence-electron chi connectivity index (χ4n) is 1.47. The van der Waals surface area contributed by atoms with Gasteiger partial charge >= 0.3 is 0 Å². The Morgan fingerprint density at radius 3 is 2.69 bits per heavy atom. The van der Waals surface area contributed by atoms with Crippen molar-refractivity contribution in [3.8, 4) is 0 Å². The number of alkyl halides is 1. The average Bonchev–Trinajstić information content (AvgIpc) is 2.70. The topological polar surface area (TPSA) is 0 Å². The van der Waals surface area contributed by atoms with Gasteiger partial charge in [-0.25, -0.2) is 0 Å². The van der Waals surface area contributed by atoms with Crippen molar-refractivity contribution in [2.45, 2.75) is 11.8 Å². The van der Waals surface area contributed by atoms with Crippen LogP contribution < -0.4 is 0 Å². The Balaban J connectivity index is 2.17. The zero-order chi connectivity index (χ0) is 11.5. The molecule has 1 aromatic carbocycles. The van der Waals surface area contributed by atoms with E-state index in [0.717, 1.165) is 20.9 Å². The first-order chi connectivity index (χ1) is 7.66. The molecule has 0 N–H and O–H groups in total. The van der Waals surface area contributed by atoms with Crippen LogP contribution in [0.2, 0.25) is 0 Å². The highest BCUT2D eigenvalue weighted by Gasteiger charge is 2.12. The fourth-order valence-corrected chi connectivity index (χ4v) is 4.13. The van der Waals surface area contributed by atoms with Crippen LogP contribution in [0.4, 0.5) is 0 Å². The van der Waals surface area contributed by atoms with Crippen LogP contribution in [0.25, 0.3) is 0 Å². The molecule has 16 heavy (non-hydrogen) atoms. The van der Waals surface area contributed by atoms with E-state index >= 15 is 0 Å². The lowest BCUT2D eigenvalue weighted by atomic mass is 10.1. The molecule has 0 nitrogen and oxygen atoms in total. The monoisotopic (exact) mass is 378 g/mol. The second-order valence-corrected chi connectivity index (χ2v) is 6.75. The highest BCUT2D eigenvalue weighted by molar-refractivity contribution is 9.11. The maximum atomic E-state index is 6.42. The van der Waals surface area contributed by atoms with Gasteiger partial charge in [0.1, 0.15) is 0 Å². The van der Waals surface area contributed by atoms with Gasteiger partial charge in [0, 0.05) is 20.2 Å². The van der Waals surface area contributed by atoms with E-state index in [1.807, 2.05) is 12.1 Å². The third kappa shape index (κ3) is 3.10. The van der Waals surface area contributed by atoms with Gasteiger partial charge in [-0.3, -0.25) is 0 Å². The third-order valence-corrected chi connectivity index (χ3v) is 4.73. The average molecular weight is 381 g/mol. The van der Waals surface area contributed by atoms with Crippen LogP contribution in [0.3, 0.4) is 0 Å².